The van der Waals surface area contributed by atoms with Crippen molar-refractivity contribution in [3.63, 3.8) is 0 Å². The van der Waals surface area contributed by atoms with E-state index in [1.807, 2.05) is 6.20 Å². The summed E-state index contributed by atoms with van der Waals surface area (Å²) < 4.78 is 0. The third kappa shape index (κ3) is 3.76. The molecule has 2 heteroatoms. The van der Waals surface area contributed by atoms with Gasteiger partial charge in [-0.25, -0.2) is 0 Å². The van der Waals surface area contributed by atoms with E-state index in [2.05, 4.69) is 53.3 Å². The molecule has 3 rings (SSSR count). The highest BCUT2D eigenvalue weighted by Crippen LogP contribution is 2.24. The molecule has 0 bridgehead atoms. The van der Waals surface area contributed by atoms with E-state index in [0.29, 0.717) is 0 Å². The van der Waals surface area contributed by atoms with Crippen LogP contribution < -0.4 is 0 Å². The first-order chi connectivity index (χ1) is 10.3. The summed E-state index contributed by atoms with van der Waals surface area (Å²) in [5.41, 5.74) is 2.66. The van der Waals surface area contributed by atoms with Crippen molar-refractivity contribution in [1.29, 1.82) is 0 Å². The number of H-pyrrole nitrogens is 1. The van der Waals surface area contributed by atoms with Crippen LogP contribution in [0.4, 0.5) is 0 Å². The summed E-state index contributed by atoms with van der Waals surface area (Å²) in [5.74, 6) is 0.832. The fraction of sp³-hybridized carbons (Fsp3) is 0.474. The van der Waals surface area contributed by atoms with Crippen LogP contribution in [0, 0.1) is 5.92 Å². The lowest BCUT2D eigenvalue weighted by Gasteiger charge is -2.19. The molecule has 0 unspecified atom stereocenters. The van der Waals surface area contributed by atoms with Gasteiger partial charge in [-0.2, -0.15) is 0 Å². The number of aromatic nitrogens is 1. The zero-order valence-corrected chi connectivity index (χ0v) is 13.0. The Labute approximate surface area is 127 Å². The predicted molar refractivity (Wildman–Crippen MR) is 90.3 cm³/mol. The smallest absolute Gasteiger partial charge is 0.0499 e. The van der Waals surface area contributed by atoms with Gasteiger partial charge in [0, 0.05) is 24.8 Å². The molecular weight excluding hydrogens is 256 g/mol. The molecule has 2 nitrogen and oxygen atoms in total. The number of aromatic amines is 1. The van der Waals surface area contributed by atoms with Crippen molar-refractivity contribution < 1.29 is 0 Å². The molecule has 1 fully saturated rings. The fourth-order valence-electron chi connectivity index (χ4n) is 3.40. The number of likely N-dealkylation sites (N-methyl/N-ethyl adjacent to an activating group) is 1. The summed E-state index contributed by atoms with van der Waals surface area (Å²) in [6, 6.07) is 8.68. The number of fused-ring (bicyclic) bond motifs is 1. The highest BCUT2D eigenvalue weighted by atomic mass is 15.1. The van der Waals surface area contributed by atoms with E-state index in [4.69, 9.17) is 0 Å². The number of rotatable bonds is 5. The van der Waals surface area contributed by atoms with Crippen LogP contribution in [0.25, 0.3) is 10.9 Å². The van der Waals surface area contributed by atoms with Crippen molar-refractivity contribution in [2.45, 2.75) is 38.6 Å². The van der Waals surface area contributed by atoms with Crippen LogP contribution in [0.3, 0.4) is 0 Å². The molecule has 1 aliphatic carbocycles. The first-order valence-corrected chi connectivity index (χ1v) is 8.23. The van der Waals surface area contributed by atoms with Crippen molar-refractivity contribution in [3.8, 4) is 0 Å². The zero-order valence-electron chi connectivity index (χ0n) is 13.0. The van der Waals surface area contributed by atoms with E-state index in [1.54, 1.807) is 0 Å². The van der Waals surface area contributed by atoms with Gasteiger partial charge >= 0.3 is 0 Å². The van der Waals surface area contributed by atoms with Gasteiger partial charge in [-0.1, -0.05) is 49.6 Å². The van der Waals surface area contributed by atoms with Gasteiger partial charge in [-0.3, -0.25) is 4.90 Å². The normalized spacial score (nSPS) is 17.2. The number of nitrogens with zero attached hydrogens (tertiary/aromatic N) is 1. The van der Waals surface area contributed by atoms with E-state index in [0.717, 1.165) is 19.0 Å². The molecule has 1 heterocycles. The maximum absolute atomic E-state index is 3.36. The second kappa shape index (κ2) is 6.95. The molecular formula is C19H26N2. The molecule has 0 atom stereocenters. The molecule has 0 aliphatic heterocycles. The Morgan fingerprint density at radius 1 is 1.19 bits per heavy atom. The molecule has 1 N–H and O–H groups in total. The summed E-state index contributed by atoms with van der Waals surface area (Å²) in [6.45, 7) is 2.03. The monoisotopic (exact) mass is 282 g/mol. The molecule has 2 aromatic rings. The Hall–Kier alpha value is -1.54. The van der Waals surface area contributed by atoms with Gasteiger partial charge in [0.15, 0.2) is 0 Å². The largest absolute Gasteiger partial charge is 0.361 e. The molecule has 1 aromatic carbocycles. The molecule has 0 saturated heterocycles. The Morgan fingerprint density at radius 3 is 2.90 bits per heavy atom. The topological polar surface area (TPSA) is 19.0 Å². The lowest BCUT2D eigenvalue weighted by molar-refractivity contribution is 0.361. The molecule has 1 aliphatic rings. The summed E-state index contributed by atoms with van der Waals surface area (Å²) in [5, 5.41) is 1.30. The highest BCUT2D eigenvalue weighted by molar-refractivity contribution is 5.82. The number of hydrogen-bond acceptors (Lipinski definition) is 1. The number of hydrogen-bond donors (Lipinski definition) is 1. The first kappa shape index (κ1) is 14.4. The van der Waals surface area contributed by atoms with E-state index in [9.17, 15) is 0 Å². The molecule has 1 saturated carbocycles. The Bertz CT molecular complexity index is 590. The fourth-order valence-corrected chi connectivity index (χ4v) is 3.40. The van der Waals surface area contributed by atoms with Crippen LogP contribution in [0.5, 0.6) is 0 Å². The summed E-state index contributed by atoms with van der Waals surface area (Å²) in [4.78, 5) is 5.74. The van der Waals surface area contributed by atoms with E-state index in [1.165, 1.54) is 48.6 Å². The van der Waals surface area contributed by atoms with Crippen molar-refractivity contribution in [2.24, 2.45) is 5.92 Å². The molecule has 21 heavy (non-hydrogen) atoms. The third-order valence-corrected chi connectivity index (χ3v) is 4.59. The minimum atomic E-state index is 0.832. The number of nitrogens with one attached hydrogen (secondary N) is 1. The number of benzene rings is 1. The maximum atomic E-state index is 3.36. The lowest BCUT2D eigenvalue weighted by atomic mass is 9.89. The van der Waals surface area contributed by atoms with Crippen LogP contribution in [0.2, 0.25) is 0 Å². The highest BCUT2D eigenvalue weighted by Gasteiger charge is 2.09. The van der Waals surface area contributed by atoms with E-state index >= 15 is 0 Å². The molecule has 0 spiro atoms. The SMILES string of the molecule is CN(C/C=C/C1CCCCC1)Cc1cccc2cc[nH]c12. The first-order valence-electron chi connectivity index (χ1n) is 8.23. The summed E-state index contributed by atoms with van der Waals surface area (Å²) >= 11 is 0. The van der Waals surface area contributed by atoms with Crippen LogP contribution in [0.15, 0.2) is 42.6 Å². The van der Waals surface area contributed by atoms with Crippen molar-refractivity contribution >= 4 is 10.9 Å². The minimum absolute atomic E-state index is 0.832. The van der Waals surface area contributed by atoms with Gasteiger partial charge in [0.25, 0.3) is 0 Å². The number of allylic oxidation sites excluding steroid dienone is 1. The molecule has 0 amide bonds. The molecule has 112 valence electrons. The Morgan fingerprint density at radius 2 is 2.05 bits per heavy atom. The molecule has 0 radical (unpaired) electrons. The average Bonchev–Trinajstić information content (AvgIpc) is 2.98. The van der Waals surface area contributed by atoms with Gasteiger partial charge in [0.05, 0.1) is 0 Å². The number of para-hydroxylation sites is 1. The van der Waals surface area contributed by atoms with Crippen molar-refractivity contribution in [1.82, 2.24) is 9.88 Å². The van der Waals surface area contributed by atoms with Gasteiger partial charge in [0.2, 0.25) is 0 Å². The second-order valence-corrected chi connectivity index (χ2v) is 6.38. The predicted octanol–water partition coefficient (Wildman–Crippen LogP) is 4.74. The maximum Gasteiger partial charge on any atom is 0.0499 e. The van der Waals surface area contributed by atoms with Crippen molar-refractivity contribution in [2.75, 3.05) is 13.6 Å². The van der Waals surface area contributed by atoms with Gasteiger partial charge in [-0.05, 0) is 42.8 Å². The van der Waals surface area contributed by atoms with Gasteiger partial charge in [-0.15, -0.1) is 0 Å². The van der Waals surface area contributed by atoms with Crippen LogP contribution >= 0.6 is 0 Å². The second-order valence-electron chi connectivity index (χ2n) is 6.38. The lowest BCUT2D eigenvalue weighted by Crippen LogP contribution is -2.18. The van der Waals surface area contributed by atoms with E-state index < -0.39 is 0 Å². The zero-order chi connectivity index (χ0) is 14.5. The third-order valence-electron chi connectivity index (χ3n) is 4.59. The molecule has 1 aromatic heterocycles. The van der Waals surface area contributed by atoms with Crippen LogP contribution in [0.1, 0.15) is 37.7 Å². The Kier molecular flexibility index (Phi) is 4.76. The average molecular weight is 282 g/mol. The van der Waals surface area contributed by atoms with Gasteiger partial charge < -0.3 is 4.98 Å². The van der Waals surface area contributed by atoms with Crippen LogP contribution in [-0.2, 0) is 6.54 Å². The Balaban J connectivity index is 1.55. The minimum Gasteiger partial charge on any atom is -0.361 e. The van der Waals surface area contributed by atoms with Gasteiger partial charge in [0.1, 0.15) is 0 Å². The van der Waals surface area contributed by atoms with E-state index in [-0.39, 0.29) is 0 Å². The summed E-state index contributed by atoms with van der Waals surface area (Å²) in [6.07, 6.45) is 13.9. The van der Waals surface area contributed by atoms with Crippen LogP contribution in [-0.4, -0.2) is 23.5 Å². The summed E-state index contributed by atoms with van der Waals surface area (Å²) in [7, 11) is 2.20. The van der Waals surface area contributed by atoms with Crippen molar-refractivity contribution in [3.05, 3.63) is 48.2 Å². The standard InChI is InChI=1S/C19H26N2/c1-21(14-6-9-16-7-3-2-4-8-16)15-18-11-5-10-17-12-13-20-19(17)18/h5-6,9-13,16,20H,2-4,7-8,14-15H2,1H3/b9-6+. The quantitative estimate of drug-likeness (QED) is 0.785.